The van der Waals surface area contributed by atoms with Crippen molar-refractivity contribution in [3.05, 3.63) is 57.5 Å². The first-order valence-electron chi connectivity index (χ1n) is 8.02. The number of nitrogens with zero attached hydrogens (tertiary/aromatic N) is 1. The fraction of sp³-hybridized carbons (Fsp3) is 0.389. The third-order valence-corrected chi connectivity index (χ3v) is 4.94. The predicted molar refractivity (Wildman–Crippen MR) is 110 cm³/mol. The van der Waals surface area contributed by atoms with Crippen molar-refractivity contribution in [3.63, 3.8) is 0 Å². The van der Waals surface area contributed by atoms with Crippen molar-refractivity contribution in [1.29, 1.82) is 0 Å². The molecule has 1 fully saturated rings. The Morgan fingerprint density at radius 1 is 1.29 bits per heavy atom. The lowest BCUT2D eigenvalue weighted by Crippen LogP contribution is -2.39. The summed E-state index contributed by atoms with van der Waals surface area (Å²) in [6.45, 7) is 5.63. The number of hydrogen-bond acceptors (Lipinski definition) is 2. The Balaban J connectivity index is 0.00000208. The molecule has 2 N–H and O–H groups in total. The molecule has 2 atom stereocenters. The van der Waals surface area contributed by atoms with Crippen LogP contribution in [0.4, 0.5) is 4.39 Å². The van der Waals surface area contributed by atoms with Crippen LogP contribution in [0.5, 0.6) is 0 Å². The summed E-state index contributed by atoms with van der Waals surface area (Å²) in [4.78, 5) is 7.19. The van der Waals surface area contributed by atoms with Crippen molar-refractivity contribution >= 4 is 41.3 Å². The molecule has 24 heavy (non-hydrogen) atoms. The van der Waals surface area contributed by atoms with Gasteiger partial charge in [0, 0.05) is 28.3 Å². The van der Waals surface area contributed by atoms with Crippen LogP contribution in [-0.4, -0.2) is 18.5 Å². The van der Waals surface area contributed by atoms with Gasteiger partial charge in [0.2, 0.25) is 0 Å². The number of aryl methyl sites for hydroxylation is 1. The third-order valence-electron chi connectivity index (χ3n) is 3.95. The van der Waals surface area contributed by atoms with E-state index < -0.39 is 0 Å². The molecular formula is C18H23FIN3S. The topological polar surface area (TPSA) is 36.4 Å². The molecule has 1 aromatic carbocycles. The van der Waals surface area contributed by atoms with E-state index in [-0.39, 0.29) is 41.8 Å². The van der Waals surface area contributed by atoms with E-state index in [2.05, 4.69) is 34.7 Å². The minimum Gasteiger partial charge on any atom is -0.357 e. The van der Waals surface area contributed by atoms with Gasteiger partial charge in [0.15, 0.2) is 5.96 Å². The van der Waals surface area contributed by atoms with Crippen LogP contribution in [0.25, 0.3) is 0 Å². The van der Waals surface area contributed by atoms with Crippen molar-refractivity contribution in [2.24, 2.45) is 4.99 Å². The van der Waals surface area contributed by atoms with E-state index in [4.69, 9.17) is 0 Å². The zero-order chi connectivity index (χ0) is 16.2. The number of hydrogen-bond donors (Lipinski definition) is 2. The fourth-order valence-corrected chi connectivity index (χ4v) is 3.51. The van der Waals surface area contributed by atoms with E-state index in [0.29, 0.717) is 6.54 Å². The molecule has 1 aromatic heterocycles. The van der Waals surface area contributed by atoms with Gasteiger partial charge in [-0.2, -0.15) is 0 Å². The summed E-state index contributed by atoms with van der Waals surface area (Å²) in [6.07, 6.45) is 0.948. The molecule has 1 aliphatic carbocycles. The van der Waals surface area contributed by atoms with Crippen LogP contribution in [-0.2, 0) is 6.54 Å². The van der Waals surface area contributed by atoms with Crippen LogP contribution in [0.2, 0.25) is 0 Å². The minimum atomic E-state index is -0.113. The summed E-state index contributed by atoms with van der Waals surface area (Å²) in [5.74, 6) is 0.934. The average molecular weight is 459 g/mol. The van der Waals surface area contributed by atoms with E-state index in [1.54, 1.807) is 17.4 Å². The second-order valence-corrected chi connectivity index (χ2v) is 7.19. The van der Waals surface area contributed by atoms with Gasteiger partial charge in [-0.05, 0) is 44.0 Å². The first-order valence-corrected chi connectivity index (χ1v) is 8.83. The van der Waals surface area contributed by atoms with Crippen LogP contribution in [0.15, 0.2) is 41.4 Å². The van der Waals surface area contributed by atoms with Crippen molar-refractivity contribution in [2.75, 3.05) is 6.54 Å². The second-order valence-electron chi connectivity index (χ2n) is 5.82. The van der Waals surface area contributed by atoms with Gasteiger partial charge >= 0.3 is 0 Å². The Labute approximate surface area is 163 Å². The molecule has 0 radical (unpaired) electrons. The van der Waals surface area contributed by atoms with Crippen molar-refractivity contribution < 1.29 is 4.39 Å². The highest BCUT2D eigenvalue weighted by Crippen LogP contribution is 2.41. The maximum Gasteiger partial charge on any atom is 0.191 e. The number of nitrogens with one attached hydrogen (secondary N) is 2. The molecule has 2 aromatic rings. The Morgan fingerprint density at radius 2 is 2.08 bits per heavy atom. The summed E-state index contributed by atoms with van der Waals surface area (Å²) in [7, 11) is 0. The average Bonchev–Trinajstić information content (AvgIpc) is 3.16. The van der Waals surface area contributed by atoms with Gasteiger partial charge in [0.05, 0.1) is 6.54 Å². The highest BCUT2D eigenvalue weighted by atomic mass is 127. The molecule has 1 saturated carbocycles. The molecule has 1 heterocycles. The predicted octanol–water partition coefficient (Wildman–Crippen LogP) is 4.42. The number of halogens is 2. The van der Waals surface area contributed by atoms with Gasteiger partial charge in [0.1, 0.15) is 5.82 Å². The summed E-state index contributed by atoms with van der Waals surface area (Å²) < 4.78 is 13.8. The molecule has 130 valence electrons. The lowest BCUT2D eigenvalue weighted by molar-refractivity contribution is 0.607. The SMILES string of the molecule is CCNC(=NCc1ccc(C)s1)NC1CC1c1ccccc1F.I. The van der Waals surface area contributed by atoms with Gasteiger partial charge < -0.3 is 10.6 Å². The number of guanidine groups is 1. The zero-order valence-corrected chi connectivity index (χ0v) is 17.0. The Morgan fingerprint density at radius 3 is 2.75 bits per heavy atom. The van der Waals surface area contributed by atoms with E-state index in [9.17, 15) is 4.39 Å². The lowest BCUT2D eigenvalue weighted by Gasteiger charge is -2.11. The smallest absolute Gasteiger partial charge is 0.191 e. The fourth-order valence-electron chi connectivity index (χ4n) is 2.70. The monoisotopic (exact) mass is 459 g/mol. The molecule has 0 bridgehead atoms. The first-order chi connectivity index (χ1) is 11.2. The highest BCUT2D eigenvalue weighted by Gasteiger charge is 2.40. The highest BCUT2D eigenvalue weighted by molar-refractivity contribution is 14.0. The molecule has 2 unspecified atom stereocenters. The molecule has 6 heteroatoms. The van der Waals surface area contributed by atoms with Crippen LogP contribution in [0.1, 0.15) is 34.6 Å². The summed E-state index contributed by atoms with van der Waals surface area (Å²) in [5, 5.41) is 6.69. The van der Waals surface area contributed by atoms with Crippen molar-refractivity contribution in [3.8, 4) is 0 Å². The summed E-state index contributed by atoms with van der Waals surface area (Å²) in [6, 6.07) is 11.5. The third kappa shape index (κ3) is 4.92. The second kappa shape index (κ2) is 8.80. The molecule has 3 nitrogen and oxygen atoms in total. The maximum atomic E-state index is 13.8. The zero-order valence-electron chi connectivity index (χ0n) is 13.9. The summed E-state index contributed by atoms with van der Waals surface area (Å²) >= 11 is 1.77. The van der Waals surface area contributed by atoms with E-state index >= 15 is 0 Å². The maximum absolute atomic E-state index is 13.8. The molecule has 3 rings (SSSR count). The normalized spacial score (nSPS) is 19.5. The molecular weight excluding hydrogens is 436 g/mol. The van der Waals surface area contributed by atoms with Crippen LogP contribution in [0.3, 0.4) is 0 Å². The van der Waals surface area contributed by atoms with Gasteiger partial charge in [-0.1, -0.05) is 18.2 Å². The molecule has 0 aliphatic heterocycles. The molecule has 0 spiro atoms. The van der Waals surface area contributed by atoms with Gasteiger partial charge in [-0.3, -0.25) is 0 Å². The Bertz CT molecular complexity index is 701. The molecule has 0 amide bonds. The van der Waals surface area contributed by atoms with E-state index in [1.807, 2.05) is 19.1 Å². The minimum absolute atomic E-state index is 0. The van der Waals surface area contributed by atoms with Crippen molar-refractivity contribution in [1.82, 2.24) is 10.6 Å². The molecule has 1 aliphatic rings. The van der Waals surface area contributed by atoms with Crippen LogP contribution >= 0.6 is 35.3 Å². The Kier molecular flexibility index (Phi) is 7.03. The van der Waals surface area contributed by atoms with Crippen LogP contribution < -0.4 is 10.6 Å². The van der Waals surface area contributed by atoms with Crippen molar-refractivity contribution in [2.45, 2.75) is 38.8 Å². The molecule has 0 saturated heterocycles. The number of thiophene rings is 1. The summed E-state index contributed by atoms with van der Waals surface area (Å²) in [5.41, 5.74) is 0.801. The quantitative estimate of drug-likeness (QED) is 0.395. The van der Waals surface area contributed by atoms with Gasteiger partial charge in [-0.15, -0.1) is 35.3 Å². The van der Waals surface area contributed by atoms with Crippen LogP contribution in [0, 0.1) is 12.7 Å². The van der Waals surface area contributed by atoms with Gasteiger partial charge in [-0.25, -0.2) is 9.38 Å². The van der Waals surface area contributed by atoms with Gasteiger partial charge in [0.25, 0.3) is 0 Å². The standard InChI is InChI=1S/C18H22FN3S.HI/c1-3-20-18(21-11-13-9-8-12(2)23-13)22-17-10-15(17)14-6-4-5-7-16(14)19;/h4-9,15,17H,3,10-11H2,1-2H3,(H2,20,21,22);1H. The Hall–Kier alpha value is -1.15. The number of benzene rings is 1. The van der Waals surface area contributed by atoms with E-state index in [1.165, 1.54) is 15.8 Å². The van der Waals surface area contributed by atoms with E-state index in [0.717, 1.165) is 24.5 Å². The number of rotatable bonds is 5. The first kappa shape index (κ1) is 19.2. The number of aliphatic imine (C=N–C) groups is 1. The lowest BCUT2D eigenvalue weighted by atomic mass is 10.1. The largest absolute Gasteiger partial charge is 0.357 e.